The Bertz CT molecular complexity index is 111. The van der Waals surface area contributed by atoms with Crippen molar-refractivity contribution >= 4 is 17.7 Å². The van der Waals surface area contributed by atoms with E-state index in [1.807, 2.05) is 13.2 Å². The summed E-state index contributed by atoms with van der Waals surface area (Å²) in [6.07, 6.45) is 3.60. The van der Waals surface area contributed by atoms with Crippen LogP contribution >= 0.6 is 11.8 Å². The van der Waals surface area contributed by atoms with Gasteiger partial charge in [-0.05, 0) is 19.6 Å². The van der Waals surface area contributed by atoms with Crippen LogP contribution in [0.2, 0.25) is 0 Å². The van der Waals surface area contributed by atoms with E-state index >= 15 is 0 Å². The lowest BCUT2D eigenvalue weighted by Crippen LogP contribution is -2.12. The van der Waals surface area contributed by atoms with Gasteiger partial charge in [-0.15, -0.1) is 0 Å². The molecule has 0 bridgehead atoms. The Labute approximate surface area is 72.7 Å². The fraction of sp³-hybridized carbons (Fsp3) is 0.875. The second kappa shape index (κ2) is 6.53. The Kier molecular flexibility index (Phi) is 6.42. The lowest BCUT2D eigenvalue weighted by molar-refractivity contribution is -0.143. The first kappa shape index (κ1) is 10.8. The molecule has 3 heteroatoms. The molecule has 0 rings (SSSR count). The van der Waals surface area contributed by atoms with Crippen LogP contribution in [0.25, 0.3) is 0 Å². The Hall–Kier alpha value is -0.180. The molecule has 0 amide bonds. The minimum absolute atomic E-state index is 0.0753. The van der Waals surface area contributed by atoms with Crippen LogP contribution in [-0.4, -0.2) is 24.1 Å². The van der Waals surface area contributed by atoms with E-state index in [1.165, 1.54) is 0 Å². The van der Waals surface area contributed by atoms with Crippen molar-refractivity contribution in [1.29, 1.82) is 0 Å². The monoisotopic (exact) mass is 176 g/mol. The van der Waals surface area contributed by atoms with E-state index in [0.29, 0.717) is 18.3 Å². The standard InChI is InChI=1S/C8H16O2S/c1-4-7(11-3)6-8(9)10-5-2/h7H,4-6H2,1-3H3. The molecule has 0 N–H and O–H groups in total. The van der Waals surface area contributed by atoms with E-state index in [2.05, 4.69) is 6.92 Å². The number of esters is 1. The van der Waals surface area contributed by atoms with Gasteiger partial charge in [0, 0.05) is 5.25 Å². The number of ether oxygens (including phenoxy) is 1. The molecule has 0 aromatic heterocycles. The molecular formula is C8H16O2S. The third-order valence-corrected chi connectivity index (χ3v) is 2.66. The Morgan fingerprint density at radius 1 is 1.55 bits per heavy atom. The van der Waals surface area contributed by atoms with Gasteiger partial charge in [0.25, 0.3) is 0 Å². The highest BCUT2D eigenvalue weighted by atomic mass is 32.2. The van der Waals surface area contributed by atoms with Gasteiger partial charge in [-0.2, -0.15) is 11.8 Å². The first-order valence-electron chi connectivity index (χ1n) is 3.93. The van der Waals surface area contributed by atoms with Crippen LogP contribution in [-0.2, 0) is 9.53 Å². The van der Waals surface area contributed by atoms with Crippen molar-refractivity contribution in [1.82, 2.24) is 0 Å². The summed E-state index contributed by atoms with van der Waals surface area (Å²) in [6.45, 7) is 4.40. The molecule has 0 aromatic rings. The summed E-state index contributed by atoms with van der Waals surface area (Å²) >= 11 is 1.72. The average molecular weight is 176 g/mol. The fourth-order valence-corrected chi connectivity index (χ4v) is 1.44. The molecule has 0 aromatic carbocycles. The maximum atomic E-state index is 10.9. The third-order valence-electron chi connectivity index (χ3n) is 1.49. The summed E-state index contributed by atoms with van der Waals surface area (Å²) in [5.74, 6) is -0.0753. The summed E-state index contributed by atoms with van der Waals surface area (Å²) in [4.78, 5) is 10.9. The second-order valence-electron chi connectivity index (χ2n) is 2.28. The molecule has 1 unspecified atom stereocenters. The van der Waals surface area contributed by atoms with Gasteiger partial charge < -0.3 is 4.74 Å². The first-order valence-corrected chi connectivity index (χ1v) is 5.21. The van der Waals surface area contributed by atoms with Crippen LogP contribution in [0.15, 0.2) is 0 Å². The molecule has 1 atom stereocenters. The number of thioether (sulfide) groups is 1. The van der Waals surface area contributed by atoms with Gasteiger partial charge in [0.2, 0.25) is 0 Å². The summed E-state index contributed by atoms with van der Waals surface area (Å²) < 4.78 is 4.82. The summed E-state index contributed by atoms with van der Waals surface area (Å²) in [7, 11) is 0. The lowest BCUT2D eigenvalue weighted by Gasteiger charge is -2.09. The molecule has 0 heterocycles. The zero-order valence-corrected chi connectivity index (χ0v) is 8.24. The van der Waals surface area contributed by atoms with E-state index in [4.69, 9.17) is 4.74 Å². The van der Waals surface area contributed by atoms with Crippen molar-refractivity contribution in [2.45, 2.75) is 31.9 Å². The maximum absolute atomic E-state index is 10.9. The molecule has 0 aliphatic rings. The molecule has 11 heavy (non-hydrogen) atoms. The lowest BCUT2D eigenvalue weighted by atomic mass is 10.2. The van der Waals surface area contributed by atoms with Crippen molar-refractivity contribution < 1.29 is 9.53 Å². The summed E-state index contributed by atoms with van der Waals surface area (Å²) in [5, 5.41) is 0.425. The van der Waals surface area contributed by atoms with Crippen LogP contribution in [0.1, 0.15) is 26.7 Å². The van der Waals surface area contributed by atoms with Gasteiger partial charge >= 0.3 is 5.97 Å². The van der Waals surface area contributed by atoms with Crippen LogP contribution in [0.5, 0.6) is 0 Å². The Morgan fingerprint density at radius 3 is 2.55 bits per heavy atom. The highest BCUT2D eigenvalue weighted by Gasteiger charge is 2.10. The van der Waals surface area contributed by atoms with Crippen LogP contribution in [0.3, 0.4) is 0 Å². The van der Waals surface area contributed by atoms with E-state index < -0.39 is 0 Å². The van der Waals surface area contributed by atoms with E-state index in [9.17, 15) is 4.79 Å². The van der Waals surface area contributed by atoms with Gasteiger partial charge in [0.15, 0.2) is 0 Å². The predicted molar refractivity (Wildman–Crippen MR) is 48.8 cm³/mol. The molecular weight excluding hydrogens is 160 g/mol. The maximum Gasteiger partial charge on any atom is 0.306 e. The zero-order chi connectivity index (χ0) is 8.69. The van der Waals surface area contributed by atoms with Gasteiger partial charge in [0.05, 0.1) is 13.0 Å². The topological polar surface area (TPSA) is 26.3 Å². The van der Waals surface area contributed by atoms with E-state index in [0.717, 1.165) is 6.42 Å². The Morgan fingerprint density at radius 2 is 2.18 bits per heavy atom. The zero-order valence-electron chi connectivity index (χ0n) is 7.42. The quantitative estimate of drug-likeness (QED) is 0.600. The van der Waals surface area contributed by atoms with Crippen molar-refractivity contribution in [3.05, 3.63) is 0 Å². The van der Waals surface area contributed by atoms with Crippen molar-refractivity contribution in [2.24, 2.45) is 0 Å². The molecule has 66 valence electrons. The van der Waals surface area contributed by atoms with Gasteiger partial charge in [0.1, 0.15) is 0 Å². The molecule has 0 fully saturated rings. The number of hydrogen-bond donors (Lipinski definition) is 0. The largest absolute Gasteiger partial charge is 0.466 e. The molecule has 0 saturated heterocycles. The van der Waals surface area contributed by atoms with Crippen molar-refractivity contribution in [3.8, 4) is 0 Å². The number of carbonyl (C=O) groups excluding carboxylic acids is 1. The smallest absolute Gasteiger partial charge is 0.306 e. The first-order chi connectivity index (χ1) is 5.24. The van der Waals surface area contributed by atoms with E-state index in [-0.39, 0.29) is 5.97 Å². The molecule has 0 aliphatic carbocycles. The molecule has 0 spiro atoms. The summed E-state index contributed by atoms with van der Waals surface area (Å²) in [5.41, 5.74) is 0. The summed E-state index contributed by atoms with van der Waals surface area (Å²) in [6, 6.07) is 0. The fourth-order valence-electron chi connectivity index (χ4n) is 0.800. The highest BCUT2D eigenvalue weighted by molar-refractivity contribution is 7.99. The van der Waals surface area contributed by atoms with Crippen LogP contribution in [0.4, 0.5) is 0 Å². The Balaban J connectivity index is 3.54. The van der Waals surface area contributed by atoms with Gasteiger partial charge in [-0.3, -0.25) is 4.79 Å². The SMILES string of the molecule is CCOC(=O)CC(CC)SC. The van der Waals surface area contributed by atoms with Crippen LogP contribution in [0, 0.1) is 0 Å². The molecule has 0 radical (unpaired) electrons. The minimum Gasteiger partial charge on any atom is -0.466 e. The molecule has 2 nitrogen and oxygen atoms in total. The van der Waals surface area contributed by atoms with E-state index in [1.54, 1.807) is 11.8 Å². The molecule has 0 saturated carbocycles. The minimum atomic E-state index is -0.0753. The normalized spacial score (nSPS) is 12.6. The second-order valence-corrected chi connectivity index (χ2v) is 3.41. The van der Waals surface area contributed by atoms with Crippen molar-refractivity contribution in [3.63, 3.8) is 0 Å². The highest BCUT2D eigenvalue weighted by Crippen LogP contribution is 2.14. The van der Waals surface area contributed by atoms with Crippen LogP contribution < -0.4 is 0 Å². The van der Waals surface area contributed by atoms with Gasteiger partial charge in [-0.25, -0.2) is 0 Å². The van der Waals surface area contributed by atoms with Gasteiger partial charge in [-0.1, -0.05) is 6.92 Å². The predicted octanol–water partition coefficient (Wildman–Crippen LogP) is 2.08. The number of hydrogen-bond acceptors (Lipinski definition) is 3. The van der Waals surface area contributed by atoms with Crippen molar-refractivity contribution in [2.75, 3.05) is 12.9 Å². The average Bonchev–Trinajstić information content (AvgIpc) is 2.01. The number of carbonyl (C=O) groups is 1. The molecule has 0 aliphatic heterocycles. The number of rotatable bonds is 5. The third kappa shape index (κ3) is 5.13.